The molecule has 0 fully saturated rings. The van der Waals surface area contributed by atoms with Gasteiger partial charge in [0.15, 0.2) is 0 Å². The minimum Gasteiger partial charge on any atom is -0.495 e. The summed E-state index contributed by atoms with van der Waals surface area (Å²) in [5, 5.41) is 5.32. The van der Waals surface area contributed by atoms with Gasteiger partial charge in [0.05, 0.1) is 12.8 Å². The lowest BCUT2D eigenvalue weighted by Crippen LogP contribution is -2.19. The first-order valence-corrected chi connectivity index (χ1v) is 9.40. The molecule has 0 bridgehead atoms. The normalized spacial score (nSPS) is 11.0. The molecular formula is C23H23FN4O3. The molecule has 6 N–H and O–H groups in total. The Morgan fingerprint density at radius 2 is 1.52 bits per heavy atom. The van der Waals surface area contributed by atoms with E-state index in [1.807, 2.05) is 6.92 Å². The topological polar surface area (TPSA) is 112 Å². The van der Waals surface area contributed by atoms with Gasteiger partial charge in [0.2, 0.25) is 0 Å². The number of nitrogens with two attached hydrogens (primary N) is 2. The van der Waals surface area contributed by atoms with E-state index in [9.17, 15) is 9.18 Å². The maximum Gasteiger partial charge on any atom is 0.323 e. The summed E-state index contributed by atoms with van der Waals surface area (Å²) in [5.74, 6) is 1.19. The van der Waals surface area contributed by atoms with Crippen LogP contribution in [-0.4, -0.2) is 13.1 Å². The highest BCUT2D eigenvalue weighted by Crippen LogP contribution is 2.33. The maximum absolute atomic E-state index is 12.9. The Morgan fingerprint density at radius 3 is 2.06 bits per heavy atom. The van der Waals surface area contributed by atoms with E-state index in [2.05, 4.69) is 10.6 Å². The second-order valence-electron chi connectivity index (χ2n) is 6.55. The predicted octanol–water partition coefficient (Wildman–Crippen LogP) is 5.08. The molecular weight excluding hydrogens is 399 g/mol. The average Bonchev–Trinajstić information content (AvgIpc) is 2.76. The molecule has 7 nitrogen and oxygen atoms in total. The summed E-state index contributed by atoms with van der Waals surface area (Å²) in [6.45, 7) is 1.82. The lowest BCUT2D eigenvalue weighted by atomic mass is 10.1. The first-order valence-electron chi connectivity index (χ1n) is 9.40. The van der Waals surface area contributed by atoms with Crippen molar-refractivity contribution in [2.75, 3.05) is 29.2 Å². The van der Waals surface area contributed by atoms with Crippen molar-refractivity contribution < 1.29 is 18.7 Å². The van der Waals surface area contributed by atoms with Crippen molar-refractivity contribution in [3.05, 3.63) is 78.1 Å². The van der Waals surface area contributed by atoms with Crippen molar-refractivity contribution in [2.24, 2.45) is 0 Å². The van der Waals surface area contributed by atoms with E-state index in [1.165, 1.54) is 31.4 Å². The van der Waals surface area contributed by atoms with Crippen LogP contribution in [0.3, 0.4) is 0 Å². The maximum atomic E-state index is 12.9. The summed E-state index contributed by atoms with van der Waals surface area (Å²) in [4.78, 5) is 12.1. The zero-order chi connectivity index (χ0) is 22.4. The molecule has 0 radical (unpaired) electrons. The third kappa shape index (κ3) is 5.45. The Kier molecular flexibility index (Phi) is 6.61. The van der Waals surface area contributed by atoms with E-state index >= 15 is 0 Å². The average molecular weight is 422 g/mol. The number of carbonyl (C=O) groups is 1. The summed E-state index contributed by atoms with van der Waals surface area (Å²) in [7, 11) is 1.52. The van der Waals surface area contributed by atoms with Crippen LogP contribution in [0, 0.1) is 5.82 Å². The molecule has 8 heteroatoms. The number of anilines is 4. The van der Waals surface area contributed by atoms with Crippen LogP contribution in [-0.2, 0) is 0 Å². The number of hydrogen-bond donors (Lipinski definition) is 4. The van der Waals surface area contributed by atoms with Crippen LogP contribution < -0.4 is 31.6 Å². The number of rotatable bonds is 6. The summed E-state index contributed by atoms with van der Waals surface area (Å²) >= 11 is 0. The molecule has 0 aliphatic rings. The van der Waals surface area contributed by atoms with Gasteiger partial charge < -0.3 is 31.6 Å². The number of ether oxygens (including phenoxy) is 2. The second-order valence-corrected chi connectivity index (χ2v) is 6.55. The summed E-state index contributed by atoms with van der Waals surface area (Å²) < 4.78 is 24.1. The Labute approximate surface area is 179 Å². The van der Waals surface area contributed by atoms with Crippen LogP contribution in [0.4, 0.5) is 31.9 Å². The molecule has 3 rings (SSSR count). The van der Waals surface area contributed by atoms with Gasteiger partial charge in [-0.2, -0.15) is 0 Å². The molecule has 160 valence electrons. The van der Waals surface area contributed by atoms with Crippen LogP contribution in [0.25, 0.3) is 5.76 Å². The largest absolute Gasteiger partial charge is 0.495 e. The molecule has 0 aliphatic carbocycles. The van der Waals surface area contributed by atoms with E-state index < -0.39 is 6.03 Å². The monoisotopic (exact) mass is 422 g/mol. The highest BCUT2D eigenvalue weighted by atomic mass is 19.1. The van der Waals surface area contributed by atoms with Gasteiger partial charge in [-0.25, -0.2) is 9.18 Å². The van der Waals surface area contributed by atoms with Crippen LogP contribution in [0.1, 0.15) is 12.5 Å². The molecule has 0 saturated heterocycles. The number of methoxy groups -OCH3 is 1. The first-order chi connectivity index (χ1) is 14.9. The first kappa shape index (κ1) is 21.5. The van der Waals surface area contributed by atoms with Crippen LogP contribution in [0.2, 0.25) is 0 Å². The van der Waals surface area contributed by atoms with Gasteiger partial charge in [-0.15, -0.1) is 0 Å². The number of amides is 2. The predicted molar refractivity (Wildman–Crippen MR) is 122 cm³/mol. The fourth-order valence-electron chi connectivity index (χ4n) is 2.83. The molecule has 3 aromatic rings. The van der Waals surface area contributed by atoms with Crippen LogP contribution in [0.15, 0.2) is 66.7 Å². The molecule has 0 spiro atoms. The Balaban J connectivity index is 1.66. The van der Waals surface area contributed by atoms with E-state index in [1.54, 1.807) is 42.5 Å². The molecule has 0 heterocycles. The lowest BCUT2D eigenvalue weighted by molar-refractivity contribution is 0.262. The molecule has 3 aromatic carbocycles. The van der Waals surface area contributed by atoms with Gasteiger partial charge in [0.1, 0.15) is 23.1 Å². The third-order valence-corrected chi connectivity index (χ3v) is 4.37. The van der Waals surface area contributed by atoms with Crippen molar-refractivity contribution in [3.8, 4) is 11.5 Å². The zero-order valence-corrected chi connectivity index (χ0v) is 17.1. The number of nitrogen functional groups attached to an aromatic ring is 2. The fraction of sp³-hybridized carbons (Fsp3) is 0.0870. The minimum atomic E-state index is -0.448. The highest BCUT2D eigenvalue weighted by molar-refractivity contribution is 5.99. The smallest absolute Gasteiger partial charge is 0.323 e. The SMILES string of the molecule is C/C=C(/Oc1ccc(NC(=O)Nc2ccc(F)cc2)cc1)c1cc(N)c(OC)cc1N. The Morgan fingerprint density at radius 1 is 0.935 bits per heavy atom. The van der Waals surface area contributed by atoms with Gasteiger partial charge in [-0.1, -0.05) is 0 Å². The van der Waals surface area contributed by atoms with Crippen molar-refractivity contribution in [1.29, 1.82) is 0 Å². The quantitative estimate of drug-likeness (QED) is 0.327. The van der Waals surface area contributed by atoms with E-state index in [0.717, 1.165) is 0 Å². The highest BCUT2D eigenvalue weighted by Gasteiger charge is 2.12. The number of nitrogens with one attached hydrogen (secondary N) is 2. The van der Waals surface area contributed by atoms with Crippen LogP contribution in [0.5, 0.6) is 11.5 Å². The molecule has 0 unspecified atom stereocenters. The van der Waals surface area contributed by atoms with Crippen molar-refractivity contribution in [1.82, 2.24) is 0 Å². The zero-order valence-electron chi connectivity index (χ0n) is 17.1. The lowest BCUT2D eigenvalue weighted by Gasteiger charge is -2.15. The molecule has 0 saturated carbocycles. The van der Waals surface area contributed by atoms with Gasteiger partial charge in [0, 0.05) is 28.7 Å². The second kappa shape index (κ2) is 9.53. The molecule has 31 heavy (non-hydrogen) atoms. The fourth-order valence-corrected chi connectivity index (χ4v) is 2.83. The van der Waals surface area contributed by atoms with Crippen LogP contribution >= 0.6 is 0 Å². The number of urea groups is 1. The molecule has 0 aliphatic heterocycles. The number of allylic oxidation sites excluding steroid dienone is 1. The summed E-state index contributed by atoms with van der Waals surface area (Å²) in [5.41, 5.74) is 14.7. The minimum absolute atomic E-state index is 0.374. The molecule has 0 aromatic heterocycles. The number of carbonyl (C=O) groups excluding carboxylic acids is 1. The molecule has 2 amide bonds. The number of halogens is 1. The van der Waals surface area contributed by atoms with Crippen molar-refractivity contribution in [3.63, 3.8) is 0 Å². The van der Waals surface area contributed by atoms with Gasteiger partial charge >= 0.3 is 6.03 Å². The van der Waals surface area contributed by atoms with Gasteiger partial charge in [0.25, 0.3) is 0 Å². The third-order valence-electron chi connectivity index (χ3n) is 4.37. The number of benzene rings is 3. The standard InChI is InChI=1S/C23H23FN4O3/c1-3-21(18-12-20(26)22(30-2)13-19(18)25)31-17-10-8-16(9-11-17)28-23(29)27-15-6-4-14(24)5-7-15/h3-13H,25-26H2,1-2H3,(H2,27,28,29)/b21-3+. The van der Waals surface area contributed by atoms with E-state index in [0.29, 0.717) is 45.6 Å². The summed E-state index contributed by atoms with van der Waals surface area (Å²) in [6.07, 6.45) is 1.78. The van der Waals surface area contributed by atoms with Crippen molar-refractivity contribution in [2.45, 2.75) is 6.92 Å². The van der Waals surface area contributed by atoms with E-state index in [-0.39, 0.29) is 5.82 Å². The van der Waals surface area contributed by atoms with Crippen molar-refractivity contribution >= 4 is 34.5 Å². The Bertz CT molecular complexity index is 1100. The van der Waals surface area contributed by atoms with Gasteiger partial charge in [-0.3, -0.25) is 0 Å². The molecule has 0 atom stereocenters. The Hall–Kier alpha value is -4.20. The number of hydrogen-bond acceptors (Lipinski definition) is 5. The van der Waals surface area contributed by atoms with E-state index in [4.69, 9.17) is 20.9 Å². The van der Waals surface area contributed by atoms with Gasteiger partial charge in [-0.05, 0) is 67.6 Å². The summed E-state index contributed by atoms with van der Waals surface area (Å²) in [6, 6.07) is 15.2.